The van der Waals surface area contributed by atoms with Gasteiger partial charge in [-0.1, -0.05) is 18.2 Å². The molecule has 38 heavy (non-hydrogen) atoms. The Morgan fingerprint density at radius 2 is 1.55 bits per heavy atom. The molecule has 0 aliphatic carbocycles. The molecular weight excluding hydrogens is 486 g/mol. The second kappa shape index (κ2) is 10.6. The number of carbonyl (C=O) groups is 3. The summed E-state index contributed by atoms with van der Waals surface area (Å²) < 4.78 is 17.0. The predicted molar refractivity (Wildman–Crippen MR) is 140 cm³/mol. The van der Waals surface area contributed by atoms with Crippen molar-refractivity contribution < 1.29 is 28.6 Å². The lowest BCUT2D eigenvalue weighted by Gasteiger charge is -2.45. The van der Waals surface area contributed by atoms with Crippen molar-refractivity contribution in [2.24, 2.45) is 0 Å². The van der Waals surface area contributed by atoms with Gasteiger partial charge in [0.1, 0.15) is 11.8 Å². The van der Waals surface area contributed by atoms with Gasteiger partial charge >= 0.3 is 0 Å². The molecule has 9 nitrogen and oxygen atoms in total. The standard InChI is InChI=1S/C29H35N3O6/c1-20-8-4-5-9-22(20)27(34)32-23(28(35)30-14-6-7-15-30)19-38-29(32)12-16-31(17-13-29)26(33)21-10-11-24(36-2)25(18-21)37-3/h4-5,8-11,18,23H,6-7,12-17,19H2,1-3H3/t23-/m1/s1. The molecular formula is C29H35N3O6. The highest BCUT2D eigenvalue weighted by molar-refractivity contribution is 5.99. The van der Waals surface area contributed by atoms with Crippen molar-refractivity contribution in [3.05, 3.63) is 59.2 Å². The Hall–Kier alpha value is -3.59. The quantitative estimate of drug-likeness (QED) is 0.601. The predicted octanol–water partition coefficient (Wildman–Crippen LogP) is 3.11. The van der Waals surface area contributed by atoms with Gasteiger partial charge in [0, 0.05) is 50.1 Å². The SMILES string of the molecule is COc1ccc(C(=O)N2CCC3(CC2)OC[C@H](C(=O)N2CCCC2)N3C(=O)c2ccccc2C)cc1OC. The van der Waals surface area contributed by atoms with Crippen molar-refractivity contribution >= 4 is 17.7 Å². The first-order valence-electron chi connectivity index (χ1n) is 13.2. The molecule has 0 N–H and O–H groups in total. The summed E-state index contributed by atoms with van der Waals surface area (Å²) in [5.41, 5.74) is 0.989. The maximum Gasteiger partial charge on any atom is 0.257 e. The Balaban J connectivity index is 1.39. The molecule has 5 rings (SSSR count). The third-order valence-electron chi connectivity index (χ3n) is 8.02. The molecule has 0 aromatic heterocycles. The molecule has 0 radical (unpaired) electrons. The molecule has 3 aliphatic heterocycles. The fourth-order valence-corrected chi connectivity index (χ4v) is 5.86. The van der Waals surface area contributed by atoms with Crippen LogP contribution < -0.4 is 9.47 Å². The smallest absolute Gasteiger partial charge is 0.257 e. The minimum absolute atomic E-state index is 0.0508. The van der Waals surface area contributed by atoms with E-state index in [1.807, 2.05) is 30.0 Å². The van der Waals surface area contributed by atoms with E-state index in [9.17, 15) is 14.4 Å². The first-order valence-corrected chi connectivity index (χ1v) is 13.2. The largest absolute Gasteiger partial charge is 0.493 e. The van der Waals surface area contributed by atoms with E-state index in [0.717, 1.165) is 18.4 Å². The van der Waals surface area contributed by atoms with Gasteiger partial charge in [0.15, 0.2) is 11.5 Å². The van der Waals surface area contributed by atoms with Crippen LogP contribution >= 0.6 is 0 Å². The maximum atomic E-state index is 14.0. The van der Waals surface area contributed by atoms with Crippen LogP contribution in [0.4, 0.5) is 0 Å². The van der Waals surface area contributed by atoms with E-state index >= 15 is 0 Å². The van der Waals surface area contributed by atoms with Crippen molar-refractivity contribution in [1.29, 1.82) is 0 Å². The minimum Gasteiger partial charge on any atom is -0.493 e. The number of piperidine rings is 1. The Bertz CT molecular complexity index is 1220. The lowest BCUT2D eigenvalue weighted by Crippen LogP contribution is -2.60. The number of carbonyl (C=O) groups excluding carboxylic acids is 3. The fourth-order valence-electron chi connectivity index (χ4n) is 5.86. The number of hydrogen-bond acceptors (Lipinski definition) is 6. The highest BCUT2D eigenvalue weighted by atomic mass is 16.5. The molecule has 3 aliphatic rings. The summed E-state index contributed by atoms with van der Waals surface area (Å²) >= 11 is 0. The number of hydrogen-bond donors (Lipinski definition) is 0. The summed E-state index contributed by atoms with van der Waals surface area (Å²) in [6.07, 6.45) is 2.80. The van der Waals surface area contributed by atoms with Gasteiger partial charge in [0.2, 0.25) is 5.91 Å². The zero-order valence-electron chi connectivity index (χ0n) is 22.3. The molecule has 0 saturated carbocycles. The average Bonchev–Trinajstić information content (AvgIpc) is 3.61. The number of benzene rings is 2. The number of methoxy groups -OCH3 is 2. The van der Waals surface area contributed by atoms with Crippen molar-refractivity contribution in [3.63, 3.8) is 0 Å². The number of aryl methyl sites for hydroxylation is 1. The van der Waals surface area contributed by atoms with E-state index < -0.39 is 11.8 Å². The van der Waals surface area contributed by atoms with Gasteiger partial charge in [-0.25, -0.2) is 0 Å². The molecule has 202 valence electrons. The first-order chi connectivity index (χ1) is 18.4. The van der Waals surface area contributed by atoms with Gasteiger partial charge in [-0.2, -0.15) is 0 Å². The summed E-state index contributed by atoms with van der Waals surface area (Å²) in [4.78, 5) is 46.2. The van der Waals surface area contributed by atoms with Crippen LogP contribution in [0.5, 0.6) is 11.5 Å². The third kappa shape index (κ3) is 4.60. The van der Waals surface area contributed by atoms with Crippen molar-refractivity contribution in [2.45, 2.75) is 44.4 Å². The van der Waals surface area contributed by atoms with E-state index in [-0.39, 0.29) is 24.3 Å². The minimum atomic E-state index is -0.937. The Morgan fingerprint density at radius 1 is 0.868 bits per heavy atom. The first kappa shape index (κ1) is 26.0. The van der Waals surface area contributed by atoms with E-state index in [2.05, 4.69) is 0 Å². The molecule has 1 atom stereocenters. The van der Waals surface area contributed by atoms with Gasteiger partial charge in [-0.05, 0) is 49.6 Å². The van der Waals surface area contributed by atoms with E-state index in [1.54, 1.807) is 41.2 Å². The molecule has 3 heterocycles. The molecule has 3 saturated heterocycles. The number of rotatable bonds is 5. The van der Waals surface area contributed by atoms with Gasteiger partial charge in [0.25, 0.3) is 11.8 Å². The monoisotopic (exact) mass is 521 g/mol. The van der Waals surface area contributed by atoms with Crippen LogP contribution in [0.15, 0.2) is 42.5 Å². The van der Waals surface area contributed by atoms with Gasteiger partial charge < -0.3 is 24.0 Å². The molecule has 2 aromatic carbocycles. The Kier molecular flexibility index (Phi) is 7.29. The summed E-state index contributed by atoms with van der Waals surface area (Å²) in [6.45, 7) is 4.28. The van der Waals surface area contributed by atoms with Crippen molar-refractivity contribution in [2.75, 3.05) is 47.0 Å². The molecule has 3 fully saturated rings. The summed E-state index contributed by atoms with van der Waals surface area (Å²) in [5, 5.41) is 0. The lowest BCUT2D eigenvalue weighted by atomic mass is 9.95. The van der Waals surface area contributed by atoms with Crippen LogP contribution in [0.3, 0.4) is 0 Å². The second-order valence-corrected chi connectivity index (χ2v) is 10.2. The molecule has 3 amide bonds. The van der Waals surface area contributed by atoms with Crippen LogP contribution in [-0.2, 0) is 9.53 Å². The Morgan fingerprint density at radius 3 is 2.21 bits per heavy atom. The molecule has 9 heteroatoms. The summed E-state index contributed by atoms with van der Waals surface area (Å²) in [7, 11) is 3.09. The zero-order chi connectivity index (χ0) is 26.9. The maximum absolute atomic E-state index is 14.0. The van der Waals surface area contributed by atoms with E-state index in [1.165, 1.54) is 7.11 Å². The molecule has 0 bridgehead atoms. The van der Waals surface area contributed by atoms with Gasteiger partial charge in [-0.3, -0.25) is 19.3 Å². The van der Waals surface area contributed by atoms with Gasteiger partial charge in [-0.15, -0.1) is 0 Å². The molecule has 2 aromatic rings. The van der Waals surface area contributed by atoms with Crippen molar-refractivity contribution in [3.8, 4) is 11.5 Å². The van der Waals surface area contributed by atoms with Crippen LogP contribution in [0.2, 0.25) is 0 Å². The number of likely N-dealkylation sites (tertiary alicyclic amines) is 2. The normalized spacial score (nSPS) is 20.6. The zero-order valence-corrected chi connectivity index (χ0v) is 22.3. The van der Waals surface area contributed by atoms with Crippen LogP contribution in [0, 0.1) is 6.92 Å². The fraction of sp³-hybridized carbons (Fsp3) is 0.483. The molecule has 0 unspecified atom stereocenters. The number of nitrogens with zero attached hydrogens (tertiary/aromatic N) is 3. The highest BCUT2D eigenvalue weighted by Crippen LogP contribution is 2.40. The average molecular weight is 522 g/mol. The summed E-state index contributed by atoms with van der Waals surface area (Å²) in [5.74, 6) is 0.674. The van der Waals surface area contributed by atoms with Crippen LogP contribution in [0.25, 0.3) is 0 Å². The Labute approximate surface area is 223 Å². The van der Waals surface area contributed by atoms with Crippen LogP contribution in [-0.4, -0.2) is 91.2 Å². The van der Waals surface area contributed by atoms with Gasteiger partial charge in [0.05, 0.1) is 20.8 Å². The van der Waals surface area contributed by atoms with Crippen molar-refractivity contribution in [1.82, 2.24) is 14.7 Å². The van der Waals surface area contributed by atoms with E-state index in [0.29, 0.717) is 61.6 Å². The third-order valence-corrected chi connectivity index (χ3v) is 8.02. The molecule has 1 spiro atoms. The lowest BCUT2D eigenvalue weighted by molar-refractivity contribution is -0.136. The second-order valence-electron chi connectivity index (χ2n) is 10.2. The van der Waals surface area contributed by atoms with Crippen LogP contribution in [0.1, 0.15) is 52.0 Å². The highest BCUT2D eigenvalue weighted by Gasteiger charge is 2.55. The topological polar surface area (TPSA) is 88.6 Å². The van der Waals surface area contributed by atoms with E-state index in [4.69, 9.17) is 14.2 Å². The number of amides is 3. The summed E-state index contributed by atoms with van der Waals surface area (Å²) in [6, 6.07) is 11.9. The number of ether oxygens (including phenoxy) is 3.